The van der Waals surface area contributed by atoms with Crippen LogP contribution >= 0.6 is 0 Å². The Morgan fingerprint density at radius 2 is 1.95 bits per heavy atom. The van der Waals surface area contributed by atoms with Gasteiger partial charge < -0.3 is 10.5 Å². The molecule has 0 saturated heterocycles. The fraction of sp³-hybridized carbons (Fsp3) is 0.533. The molecule has 0 bridgehead atoms. The Bertz CT molecular complexity index is 424. The van der Waals surface area contributed by atoms with Crippen LogP contribution in [0, 0.1) is 6.92 Å². The van der Waals surface area contributed by atoms with Gasteiger partial charge in [0.05, 0.1) is 0 Å². The topological polar surface area (TPSA) is 55.6 Å². The maximum atomic E-state index is 12.3. The quantitative estimate of drug-likeness (QED) is 0.909. The summed E-state index contributed by atoms with van der Waals surface area (Å²) in [5.74, 6) is 0. The second-order valence-corrected chi connectivity index (χ2v) is 5.56. The molecule has 4 heteroatoms. The van der Waals surface area contributed by atoms with Crippen LogP contribution in [0.1, 0.15) is 32.8 Å². The second kappa shape index (κ2) is 6.57. The number of para-hydroxylation sites is 1. The number of anilines is 1. The van der Waals surface area contributed by atoms with Crippen LogP contribution in [-0.2, 0) is 4.74 Å². The standard InChI is InChI=1S/C15H24N2O2/c1-12-8-5-6-9-13(12)17(11-7-10-16)14(18)19-15(2,3)4/h5-6,8-9H,7,10-11,16H2,1-4H3. The second-order valence-electron chi connectivity index (χ2n) is 5.56. The molecule has 0 aliphatic carbocycles. The van der Waals surface area contributed by atoms with Gasteiger partial charge in [0.2, 0.25) is 0 Å². The SMILES string of the molecule is Cc1ccccc1N(CCCN)C(=O)OC(C)(C)C. The van der Waals surface area contributed by atoms with Crippen molar-refractivity contribution in [3.05, 3.63) is 29.8 Å². The highest BCUT2D eigenvalue weighted by atomic mass is 16.6. The Labute approximate surface area is 115 Å². The van der Waals surface area contributed by atoms with Crippen molar-refractivity contribution in [1.29, 1.82) is 0 Å². The summed E-state index contributed by atoms with van der Waals surface area (Å²) in [5, 5.41) is 0. The molecule has 106 valence electrons. The number of carbonyl (C=O) groups excluding carboxylic acids is 1. The minimum atomic E-state index is -0.499. The number of hydrogen-bond acceptors (Lipinski definition) is 3. The third kappa shape index (κ3) is 4.91. The Balaban J connectivity index is 2.95. The lowest BCUT2D eigenvalue weighted by Gasteiger charge is -2.28. The maximum absolute atomic E-state index is 12.3. The Hall–Kier alpha value is -1.55. The van der Waals surface area contributed by atoms with E-state index in [-0.39, 0.29) is 6.09 Å². The normalized spacial score (nSPS) is 11.2. The van der Waals surface area contributed by atoms with Crippen LogP contribution in [0.15, 0.2) is 24.3 Å². The zero-order valence-electron chi connectivity index (χ0n) is 12.3. The van der Waals surface area contributed by atoms with E-state index in [2.05, 4.69) is 0 Å². The molecule has 0 heterocycles. The van der Waals surface area contributed by atoms with Crippen molar-refractivity contribution in [2.24, 2.45) is 5.73 Å². The lowest BCUT2D eigenvalue weighted by molar-refractivity contribution is 0.0580. The van der Waals surface area contributed by atoms with Gasteiger partial charge in [-0.3, -0.25) is 4.90 Å². The number of ether oxygens (including phenoxy) is 1. The van der Waals surface area contributed by atoms with E-state index in [4.69, 9.17) is 10.5 Å². The lowest BCUT2D eigenvalue weighted by Crippen LogP contribution is -2.38. The summed E-state index contributed by atoms with van der Waals surface area (Å²) in [6.45, 7) is 8.69. The van der Waals surface area contributed by atoms with Crippen molar-refractivity contribution in [2.45, 2.75) is 39.7 Å². The summed E-state index contributed by atoms with van der Waals surface area (Å²) in [6, 6.07) is 7.78. The van der Waals surface area contributed by atoms with Gasteiger partial charge in [-0.05, 0) is 52.3 Å². The first-order valence-corrected chi connectivity index (χ1v) is 6.61. The van der Waals surface area contributed by atoms with Crippen molar-refractivity contribution in [3.63, 3.8) is 0 Å². The predicted octanol–water partition coefficient (Wildman–Crippen LogP) is 3.09. The molecular weight excluding hydrogens is 240 g/mol. The van der Waals surface area contributed by atoms with Crippen LogP contribution in [-0.4, -0.2) is 24.8 Å². The molecule has 1 aromatic rings. The summed E-state index contributed by atoms with van der Waals surface area (Å²) in [4.78, 5) is 13.9. The molecule has 1 amide bonds. The van der Waals surface area contributed by atoms with Gasteiger partial charge in [0, 0.05) is 12.2 Å². The van der Waals surface area contributed by atoms with Gasteiger partial charge in [0.25, 0.3) is 0 Å². The molecule has 0 radical (unpaired) electrons. The van der Waals surface area contributed by atoms with Crippen LogP contribution < -0.4 is 10.6 Å². The van der Waals surface area contributed by atoms with E-state index in [0.29, 0.717) is 13.1 Å². The molecule has 1 aromatic carbocycles. The van der Waals surface area contributed by atoms with Gasteiger partial charge in [-0.1, -0.05) is 18.2 Å². The minimum Gasteiger partial charge on any atom is -0.443 e. The molecule has 0 spiro atoms. The van der Waals surface area contributed by atoms with Crippen molar-refractivity contribution >= 4 is 11.8 Å². The fourth-order valence-electron chi connectivity index (χ4n) is 1.74. The summed E-state index contributed by atoms with van der Waals surface area (Å²) in [7, 11) is 0. The minimum absolute atomic E-state index is 0.324. The third-order valence-electron chi connectivity index (χ3n) is 2.61. The van der Waals surface area contributed by atoms with E-state index >= 15 is 0 Å². The lowest BCUT2D eigenvalue weighted by atomic mass is 10.1. The van der Waals surface area contributed by atoms with Gasteiger partial charge >= 0.3 is 6.09 Å². The predicted molar refractivity (Wildman–Crippen MR) is 78.4 cm³/mol. The average molecular weight is 264 g/mol. The summed E-state index contributed by atoms with van der Waals surface area (Å²) in [5.41, 5.74) is 6.97. The first-order valence-electron chi connectivity index (χ1n) is 6.61. The number of aryl methyl sites for hydroxylation is 1. The van der Waals surface area contributed by atoms with Crippen LogP contribution in [0.25, 0.3) is 0 Å². The Morgan fingerprint density at radius 3 is 2.47 bits per heavy atom. The molecule has 0 saturated carbocycles. The molecule has 0 atom stereocenters. The van der Waals surface area contributed by atoms with Crippen LogP contribution in [0.3, 0.4) is 0 Å². The number of nitrogens with two attached hydrogens (primary N) is 1. The number of amides is 1. The molecule has 0 aliphatic rings. The molecule has 1 rings (SSSR count). The molecule has 0 aromatic heterocycles. The summed E-state index contributed by atoms with van der Waals surface area (Å²) < 4.78 is 5.45. The first kappa shape index (κ1) is 15.5. The number of benzene rings is 1. The van der Waals surface area contributed by atoms with Gasteiger partial charge in [-0.25, -0.2) is 4.79 Å². The van der Waals surface area contributed by atoms with Crippen LogP contribution in [0.2, 0.25) is 0 Å². The molecule has 0 unspecified atom stereocenters. The Kier molecular flexibility index (Phi) is 5.36. The number of rotatable bonds is 4. The first-order chi connectivity index (χ1) is 8.85. The number of hydrogen-bond donors (Lipinski definition) is 1. The number of carbonyl (C=O) groups is 1. The van der Waals surface area contributed by atoms with Gasteiger partial charge in [-0.15, -0.1) is 0 Å². The van der Waals surface area contributed by atoms with E-state index < -0.39 is 5.60 Å². The highest BCUT2D eigenvalue weighted by Gasteiger charge is 2.23. The van der Waals surface area contributed by atoms with E-state index in [1.807, 2.05) is 52.0 Å². The fourth-order valence-corrected chi connectivity index (χ4v) is 1.74. The highest BCUT2D eigenvalue weighted by molar-refractivity contribution is 5.88. The van der Waals surface area contributed by atoms with Gasteiger partial charge in [-0.2, -0.15) is 0 Å². The van der Waals surface area contributed by atoms with Crippen LogP contribution in [0.5, 0.6) is 0 Å². The average Bonchev–Trinajstić information content (AvgIpc) is 2.29. The maximum Gasteiger partial charge on any atom is 0.414 e. The van der Waals surface area contributed by atoms with E-state index in [0.717, 1.165) is 17.7 Å². The van der Waals surface area contributed by atoms with Crippen molar-refractivity contribution < 1.29 is 9.53 Å². The van der Waals surface area contributed by atoms with Crippen LogP contribution in [0.4, 0.5) is 10.5 Å². The van der Waals surface area contributed by atoms with Crippen molar-refractivity contribution in [1.82, 2.24) is 0 Å². The number of nitrogens with zero attached hydrogens (tertiary/aromatic N) is 1. The van der Waals surface area contributed by atoms with E-state index in [1.165, 1.54) is 0 Å². The Morgan fingerprint density at radius 1 is 1.32 bits per heavy atom. The third-order valence-corrected chi connectivity index (χ3v) is 2.61. The molecule has 19 heavy (non-hydrogen) atoms. The summed E-state index contributed by atoms with van der Waals surface area (Å²) in [6.07, 6.45) is 0.420. The molecular formula is C15H24N2O2. The monoisotopic (exact) mass is 264 g/mol. The molecule has 2 N–H and O–H groups in total. The van der Waals surface area contributed by atoms with Crippen molar-refractivity contribution in [2.75, 3.05) is 18.0 Å². The van der Waals surface area contributed by atoms with E-state index in [1.54, 1.807) is 4.90 Å². The highest BCUT2D eigenvalue weighted by Crippen LogP contribution is 2.22. The summed E-state index contributed by atoms with van der Waals surface area (Å²) >= 11 is 0. The van der Waals surface area contributed by atoms with Crippen molar-refractivity contribution in [3.8, 4) is 0 Å². The molecule has 0 fully saturated rings. The molecule has 4 nitrogen and oxygen atoms in total. The van der Waals surface area contributed by atoms with Gasteiger partial charge in [0.15, 0.2) is 0 Å². The smallest absolute Gasteiger partial charge is 0.414 e. The van der Waals surface area contributed by atoms with Gasteiger partial charge in [0.1, 0.15) is 5.60 Å². The zero-order chi connectivity index (χ0) is 14.5. The zero-order valence-corrected chi connectivity index (χ0v) is 12.3. The molecule has 0 aliphatic heterocycles. The largest absolute Gasteiger partial charge is 0.443 e. The van der Waals surface area contributed by atoms with E-state index in [9.17, 15) is 4.79 Å².